The van der Waals surface area contributed by atoms with Crippen LogP contribution >= 0.6 is 0 Å². The molecule has 0 unspecified atom stereocenters. The highest BCUT2D eigenvalue weighted by atomic mass is 16.5. The molecule has 2 aliphatic carbocycles. The Bertz CT molecular complexity index is 399. The normalized spacial score (nSPS) is 26.7. The molecule has 2 aliphatic rings. The molecule has 0 aromatic rings. The van der Waals surface area contributed by atoms with Crippen molar-refractivity contribution in [3.8, 4) is 0 Å². The maximum absolute atomic E-state index is 12.1. The van der Waals surface area contributed by atoms with Gasteiger partial charge in [-0.15, -0.1) is 0 Å². The smallest absolute Gasteiger partial charge is 0.315 e. The van der Waals surface area contributed by atoms with Gasteiger partial charge in [0.05, 0.1) is 5.92 Å². The van der Waals surface area contributed by atoms with Gasteiger partial charge in [0.2, 0.25) is 0 Å². The van der Waals surface area contributed by atoms with Crippen molar-refractivity contribution in [2.24, 2.45) is 11.3 Å². The lowest BCUT2D eigenvalue weighted by Gasteiger charge is -2.30. The van der Waals surface area contributed by atoms with Crippen LogP contribution in [-0.2, 0) is 9.53 Å². The van der Waals surface area contributed by atoms with Crippen molar-refractivity contribution in [1.29, 1.82) is 0 Å². The highest BCUT2D eigenvalue weighted by Gasteiger charge is 2.34. The maximum atomic E-state index is 12.1. The number of hydrogen-bond acceptors (Lipinski definition) is 3. The Morgan fingerprint density at radius 1 is 1.17 bits per heavy atom. The van der Waals surface area contributed by atoms with Crippen molar-refractivity contribution < 1.29 is 19.4 Å². The number of nitrogens with one attached hydrogen (secondary N) is 2. The Kier molecular flexibility index (Phi) is 6.69. The third kappa shape index (κ3) is 5.37. The third-order valence-electron chi connectivity index (χ3n) is 5.54. The standard InChI is InChI=1S/C17H30N2O4/c1-23-11-10-17(8-2-3-9-17)12-18-16(22)19-14-6-4-13(5-7-14)15(20)21/h13-14H,2-12H2,1H3,(H,20,21)(H2,18,19,22). The fourth-order valence-corrected chi connectivity index (χ4v) is 3.95. The van der Waals surface area contributed by atoms with Gasteiger partial charge in [0.25, 0.3) is 0 Å². The second kappa shape index (κ2) is 8.52. The Morgan fingerprint density at radius 2 is 1.83 bits per heavy atom. The van der Waals surface area contributed by atoms with E-state index < -0.39 is 5.97 Å². The molecule has 0 atom stereocenters. The SMILES string of the molecule is COCCC1(CNC(=O)NC2CCC(C(=O)O)CC2)CCCC1. The molecule has 0 aliphatic heterocycles. The van der Waals surface area contributed by atoms with Gasteiger partial charge < -0.3 is 20.5 Å². The number of urea groups is 1. The fourth-order valence-electron chi connectivity index (χ4n) is 3.95. The van der Waals surface area contributed by atoms with E-state index in [1.165, 1.54) is 12.8 Å². The molecular weight excluding hydrogens is 296 g/mol. The van der Waals surface area contributed by atoms with Gasteiger partial charge in [0.1, 0.15) is 0 Å². The van der Waals surface area contributed by atoms with Crippen LogP contribution in [0.4, 0.5) is 4.79 Å². The van der Waals surface area contributed by atoms with Crippen LogP contribution in [0.15, 0.2) is 0 Å². The van der Waals surface area contributed by atoms with Crippen LogP contribution in [0.25, 0.3) is 0 Å². The Labute approximate surface area is 138 Å². The molecule has 2 saturated carbocycles. The predicted molar refractivity (Wildman–Crippen MR) is 87.3 cm³/mol. The minimum absolute atomic E-state index is 0.101. The average Bonchev–Trinajstić information content (AvgIpc) is 3.01. The van der Waals surface area contributed by atoms with Gasteiger partial charge in [-0.3, -0.25) is 4.79 Å². The number of carbonyl (C=O) groups excluding carboxylic acids is 1. The molecule has 6 heteroatoms. The van der Waals surface area contributed by atoms with Gasteiger partial charge in [-0.05, 0) is 50.4 Å². The van der Waals surface area contributed by atoms with Crippen molar-refractivity contribution in [2.45, 2.75) is 63.8 Å². The number of methoxy groups -OCH3 is 1. The van der Waals surface area contributed by atoms with E-state index in [0.29, 0.717) is 19.4 Å². The number of carboxylic acid groups (broad SMARTS) is 1. The molecule has 0 bridgehead atoms. The van der Waals surface area contributed by atoms with Crippen molar-refractivity contribution in [3.05, 3.63) is 0 Å². The van der Waals surface area contributed by atoms with Gasteiger partial charge in [0.15, 0.2) is 0 Å². The summed E-state index contributed by atoms with van der Waals surface area (Å²) in [6.45, 7) is 1.44. The van der Waals surface area contributed by atoms with Crippen LogP contribution in [0.3, 0.4) is 0 Å². The molecule has 0 saturated heterocycles. The van der Waals surface area contributed by atoms with E-state index in [0.717, 1.165) is 38.7 Å². The van der Waals surface area contributed by atoms with Crippen LogP contribution in [-0.4, -0.2) is 43.4 Å². The molecule has 132 valence electrons. The first kappa shape index (κ1) is 18.0. The molecule has 2 amide bonds. The van der Waals surface area contributed by atoms with E-state index in [1.54, 1.807) is 7.11 Å². The van der Waals surface area contributed by atoms with Crippen molar-refractivity contribution in [3.63, 3.8) is 0 Å². The second-order valence-corrected chi connectivity index (χ2v) is 7.16. The molecule has 0 aromatic carbocycles. The van der Waals surface area contributed by atoms with Gasteiger partial charge in [-0.25, -0.2) is 4.79 Å². The molecule has 0 radical (unpaired) electrons. The highest BCUT2D eigenvalue weighted by Crippen LogP contribution is 2.40. The van der Waals surface area contributed by atoms with Crippen molar-refractivity contribution in [2.75, 3.05) is 20.3 Å². The summed E-state index contributed by atoms with van der Waals surface area (Å²) < 4.78 is 5.21. The van der Waals surface area contributed by atoms with Gasteiger partial charge >= 0.3 is 12.0 Å². The first-order valence-electron chi connectivity index (χ1n) is 8.81. The highest BCUT2D eigenvalue weighted by molar-refractivity contribution is 5.74. The molecule has 0 spiro atoms. The van der Waals surface area contributed by atoms with E-state index in [2.05, 4.69) is 10.6 Å². The summed E-state index contributed by atoms with van der Waals surface area (Å²) in [4.78, 5) is 23.1. The maximum Gasteiger partial charge on any atom is 0.315 e. The monoisotopic (exact) mass is 326 g/mol. The quantitative estimate of drug-likeness (QED) is 0.671. The molecule has 0 aromatic heterocycles. The summed E-state index contributed by atoms with van der Waals surface area (Å²) in [7, 11) is 1.72. The fraction of sp³-hybridized carbons (Fsp3) is 0.882. The molecule has 6 nitrogen and oxygen atoms in total. The minimum Gasteiger partial charge on any atom is -0.481 e. The predicted octanol–water partition coefficient (Wildman–Crippen LogP) is 2.53. The van der Waals surface area contributed by atoms with Crippen LogP contribution in [0, 0.1) is 11.3 Å². The van der Waals surface area contributed by atoms with E-state index in [4.69, 9.17) is 9.84 Å². The zero-order valence-corrected chi connectivity index (χ0v) is 14.1. The number of carbonyl (C=O) groups is 2. The zero-order chi connectivity index (χ0) is 16.7. The molecule has 2 fully saturated rings. The lowest BCUT2D eigenvalue weighted by molar-refractivity contribution is -0.142. The Balaban J connectivity index is 1.71. The average molecular weight is 326 g/mol. The van der Waals surface area contributed by atoms with E-state index >= 15 is 0 Å². The number of ether oxygens (including phenoxy) is 1. The zero-order valence-electron chi connectivity index (χ0n) is 14.1. The first-order valence-corrected chi connectivity index (χ1v) is 8.81. The van der Waals surface area contributed by atoms with Crippen molar-refractivity contribution >= 4 is 12.0 Å². The number of rotatable bonds is 7. The lowest BCUT2D eigenvalue weighted by atomic mass is 9.83. The van der Waals surface area contributed by atoms with Crippen LogP contribution < -0.4 is 10.6 Å². The summed E-state index contributed by atoms with van der Waals surface area (Å²) >= 11 is 0. The number of aliphatic carboxylic acids is 1. The van der Waals surface area contributed by atoms with Gasteiger partial charge in [0, 0.05) is 26.3 Å². The minimum atomic E-state index is -0.714. The van der Waals surface area contributed by atoms with E-state index in [9.17, 15) is 9.59 Å². The number of carboxylic acids is 1. The first-order chi connectivity index (χ1) is 11.0. The third-order valence-corrected chi connectivity index (χ3v) is 5.54. The topological polar surface area (TPSA) is 87.7 Å². The summed E-state index contributed by atoms with van der Waals surface area (Å²) in [6, 6.07) is -0.0171. The van der Waals surface area contributed by atoms with Crippen LogP contribution in [0.1, 0.15) is 57.8 Å². The summed E-state index contributed by atoms with van der Waals surface area (Å²) in [5.74, 6) is -0.957. The van der Waals surface area contributed by atoms with E-state index in [1.807, 2.05) is 0 Å². The molecule has 0 heterocycles. The Hall–Kier alpha value is -1.30. The van der Waals surface area contributed by atoms with Crippen LogP contribution in [0.5, 0.6) is 0 Å². The molecule has 3 N–H and O–H groups in total. The second-order valence-electron chi connectivity index (χ2n) is 7.16. The molecule has 2 rings (SSSR count). The van der Waals surface area contributed by atoms with Crippen molar-refractivity contribution in [1.82, 2.24) is 10.6 Å². The summed E-state index contributed by atoms with van der Waals surface area (Å²) in [6.07, 6.45) is 8.56. The van der Waals surface area contributed by atoms with Crippen LogP contribution in [0.2, 0.25) is 0 Å². The number of hydrogen-bond donors (Lipinski definition) is 3. The Morgan fingerprint density at radius 3 is 2.39 bits per heavy atom. The largest absolute Gasteiger partial charge is 0.481 e. The summed E-state index contributed by atoms with van der Waals surface area (Å²) in [5, 5.41) is 15.0. The molecule has 23 heavy (non-hydrogen) atoms. The lowest BCUT2D eigenvalue weighted by Crippen LogP contribution is -2.47. The molecular formula is C17H30N2O4. The van der Waals surface area contributed by atoms with Gasteiger partial charge in [-0.1, -0.05) is 12.8 Å². The van der Waals surface area contributed by atoms with E-state index in [-0.39, 0.29) is 23.4 Å². The summed E-state index contributed by atoms with van der Waals surface area (Å²) in [5.41, 5.74) is 0.189. The number of amides is 2. The van der Waals surface area contributed by atoms with Gasteiger partial charge in [-0.2, -0.15) is 0 Å².